The molecule has 4 rings (SSSR count). The van der Waals surface area contributed by atoms with E-state index in [2.05, 4.69) is 37.6 Å². The molecule has 0 radical (unpaired) electrons. The van der Waals surface area contributed by atoms with E-state index in [1.165, 1.54) is 5.56 Å². The number of aromatic nitrogens is 4. The first-order chi connectivity index (χ1) is 13.7. The smallest absolute Gasteiger partial charge is 0.274 e. The van der Waals surface area contributed by atoms with E-state index in [0.717, 1.165) is 30.2 Å². The topological polar surface area (TPSA) is 83.9 Å². The Hall–Kier alpha value is -3.35. The van der Waals surface area contributed by atoms with Crippen LogP contribution in [-0.4, -0.2) is 44.1 Å². The molecule has 0 aliphatic carbocycles. The van der Waals surface area contributed by atoms with Crippen LogP contribution in [0.3, 0.4) is 0 Å². The zero-order valence-electron chi connectivity index (χ0n) is 15.7. The Kier molecular flexibility index (Phi) is 5.23. The first kappa shape index (κ1) is 18.0. The molecular formula is C21H22N6O. The van der Waals surface area contributed by atoms with Crippen molar-refractivity contribution in [2.45, 2.75) is 25.7 Å². The third kappa shape index (κ3) is 4.14. The van der Waals surface area contributed by atoms with Crippen molar-refractivity contribution in [2.75, 3.05) is 18.4 Å². The molecule has 1 aliphatic heterocycles. The van der Waals surface area contributed by atoms with Crippen LogP contribution >= 0.6 is 0 Å². The standard InChI is InChI=1S/C21H22N6O/c1-15-4-2-6-19(24-15)25-20-14-17(7-11-22-20)16-8-12-27(13-9-16)21(28)18-5-3-10-23-26-18/h2-7,10-11,14,16H,8-9,12-13H2,1H3,(H,22,24,25). The molecule has 0 saturated carbocycles. The number of nitrogens with zero attached hydrogens (tertiary/aromatic N) is 5. The fourth-order valence-corrected chi connectivity index (χ4v) is 3.51. The molecule has 0 unspecified atom stereocenters. The quantitative estimate of drug-likeness (QED) is 0.754. The van der Waals surface area contributed by atoms with Gasteiger partial charge in [0.25, 0.3) is 5.91 Å². The minimum atomic E-state index is -0.0471. The zero-order valence-corrected chi connectivity index (χ0v) is 15.7. The van der Waals surface area contributed by atoms with Crippen molar-refractivity contribution in [3.8, 4) is 0 Å². The van der Waals surface area contributed by atoms with Gasteiger partial charge in [-0.25, -0.2) is 9.97 Å². The fraction of sp³-hybridized carbons (Fsp3) is 0.286. The SMILES string of the molecule is Cc1cccc(Nc2cc(C3CCN(C(=O)c4cccnn4)CC3)ccn2)n1. The van der Waals surface area contributed by atoms with Gasteiger partial charge in [-0.2, -0.15) is 5.10 Å². The van der Waals surface area contributed by atoms with Crippen molar-refractivity contribution in [3.05, 3.63) is 71.8 Å². The van der Waals surface area contributed by atoms with Crippen LogP contribution in [0.15, 0.2) is 54.9 Å². The molecule has 4 heterocycles. The van der Waals surface area contributed by atoms with Gasteiger partial charge in [0.15, 0.2) is 5.69 Å². The average Bonchev–Trinajstić information content (AvgIpc) is 2.74. The summed E-state index contributed by atoms with van der Waals surface area (Å²) in [5.74, 6) is 1.93. The highest BCUT2D eigenvalue weighted by Crippen LogP contribution is 2.29. The van der Waals surface area contributed by atoms with E-state index in [4.69, 9.17) is 0 Å². The molecule has 1 N–H and O–H groups in total. The molecule has 7 nitrogen and oxygen atoms in total. The van der Waals surface area contributed by atoms with Crippen LogP contribution in [0, 0.1) is 6.92 Å². The minimum Gasteiger partial charge on any atom is -0.337 e. The highest BCUT2D eigenvalue weighted by atomic mass is 16.2. The predicted molar refractivity (Wildman–Crippen MR) is 106 cm³/mol. The first-order valence-corrected chi connectivity index (χ1v) is 9.42. The van der Waals surface area contributed by atoms with Gasteiger partial charge in [0, 0.05) is 31.2 Å². The van der Waals surface area contributed by atoms with Gasteiger partial charge in [-0.05, 0) is 67.6 Å². The van der Waals surface area contributed by atoms with Crippen LogP contribution in [0.1, 0.15) is 40.5 Å². The Labute approximate surface area is 163 Å². The second-order valence-corrected chi connectivity index (χ2v) is 6.94. The van der Waals surface area contributed by atoms with E-state index < -0.39 is 0 Å². The first-order valence-electron chi connectivity index (χ1n) is 9.42. The number of amides is 1. The van der Waals surface area contributed by atoms with Crippen molar-refractivity contribution in [1.82, 2.24) is 25.1 Å². The maximum absolute atomic E-state index is 12.5. The largest absolute Gasteiger partial charge is 0.337 e. The van der Waals surface area contributed by atoms with E-state index in [1.807, 2.05) is 36.2 Å². The summed E-state index contributed by atoms with van der Waals surface area (Å²) < 4.78 is 0. The Balaban J connectivity index is 1.40. The van der Waals surface area contributed by atoms with Crippen LogP contribution in [-0.2, 0) is 0 Å². The normalized spacial score (nSPS) is 14.7. The number of nitrogens with one attached hydrogen (secondary N) is 1. The number of rotatable bonds is 4. The van der Waals surface area contributed by atoms with Gasteiger partial charge in [0.05, 0.1) is 0 Å². The Morgan fingerprint density at radius 1 is 1.07 bits per heavy atom. The number of carbonyl (C=O) groups excluding carboxylic acids is 1. The van der Waals surface area contributed by atoms with Gasteiger partial charge in [0.1, 0.15) is 11.6 Å². The lowest BCUT2D eigenvalue weighted by molar-refractivity contribution is 0.0706. The van der Waals surface area contributed by atoms with Crippen LogP contribution in [0.4, 0.5) is 11.6 Å². The maximum Gasteiger partial charge on any atom is 0.274 e. The van der Waals surface area contributed by atoms with Crippen LogP contribution < -0.4 is 5.32 Å². The van der Waals surface area contributed by atoms with Gasteiger partial charge in [0.2, 0.25) is 0 Å². The molecule has 1 amide bonds. The summed E-state index contributed by atoms with van der Waals surface area (Å²) >= 11 is 0. The third-order valence-corrected chi connectivity index (χ3v) is 4.97. The predicted octanol–water partition coefficient (Wildman–Crippen LogP) is 3.34. The molecule has 3 aromatic rings. The lowest BCUT2D eigenvalue weighted by Crippen LogP contribution is -2.38. The maximum atomic E-state index is 12.5. The number of likely N-dealkylation sites (tertiary alicyclic amines) is 1. The summed E-state index contributed by atoms with van der Waals surface area (Å²) in [4.78, 5) is 23.3. The van der Waals surface area contributed by atoms with Crippen molar-refractivity contribution in [2.24, 2.45) is 0 Å². The van der Waals surface area contributed by atoms with Crippen LogP contribution in [0.25, 0.3) is 0 Å². The highest BCUT2D eigenvalue weighted by molar-refractivity contribution is 5.92. The molecule has 1 fully saturated rings. The zero-order chi connectivity index (χ0) is 19.3. The molecule has 0 atom stereocenters. The summed E-state index contributed by atoms with van der Waals surface area (Å²) in [6.07, 6.45) is 5.23. The number of aryl methyl sites for hydroxylation is 1. The molecule has 7 heteroatoms. The summed E-state index contributed by atoms with van der Waals surface area (Å²) in [7, 11) is 0. The van der Waals surface area contributed by atoms with Gasteiger partial charge < -0.3 is 10.2 Å². The number of pyridine rings is 2. The van der Waals surface area contributed by atoms with Crippen molar-refractivity contribution >= 4 is 17.5 Å². The molecule has 0 bridgehead atoms. The number of carbonyl (C=O) groups is 1. The number of piperidine rings is 1. The number of hydrogen-bond donors (Lipinski definition) is 1. The van der Waals surface area contributed by atoms with Crippen molar-refractivity contribution in [1.29, 1.82) is 0 Å². The molecule has 0 spiro atoms. The second kappa shape index (κ2) is 8.12. The second-order valence-electron chi connectivity index (χ2n) is 6.94. The van der Waals surface area contributed by atoms with Gasteiger partial charge in [-0.1, -0.05) is 6.07 Å². The molecule has 28 heavy (non-hydrogen) atoms. The van der Waals surface area contributed by atoms with E-state index in [1.54, 1.807) is 18.3 Å². The van der Waals surface area contributed by atoms with E-state index in [-0.39, 0.29) is 5.91 Å². The van der Waals surface area contributed by atoms with Gasteiger partial charge >= 0.3 is 0 Å². The molecule has 3 aromatic heterocycles. The number of hydrogen-bond acceptors (Lipinski definition) is 6. The van der Waals surface area contributed by atoms with Gasteiger partial charge in [-0.15, -0.1) is 5.10 Å². The molecule has 1 saturated heterocycles. The number of anilines is 2. The molecule has 0 aromatic carbocycles. The van der Waals surface area contributed by atoms with Crippen molar-refractivity contribution < 1.29 is 4.79 Å². The summed E-state index contributed by atoms with van der Waals surface area (Å²) in [5.41, 5.74) is 2.60. The van der Waals surface area contributed by atoms with E-state index in [0.29, 0.717) is 24.7 Å². The Bertz CT molecular complexity index is 954. The molecule has 142 valence electrons. The summed E-state index contributed by atoms with van der Waals surface area (Å²) in [5, 5.41) is 11.0. The fourth-order valence-electron chi connectivity index (χ4n) is 3.51. The lowest BCUT2D eigenvalue weighted by Gasteiger charge is -2.32. The monoisotopic (exact) mass is 374 g/mol. The van der Waals surface area contributed by atoms with E-state index in [9.17, 15) is 4.79 Å². The minimum absolute atomic E-state index is 0.0471. The summed E-state index contributed by atoms with van der Waals surface area (Å²) in [6.45, 7) is 3.39. The lowest BCUT2D eigenvalue weighted by atomic mass is 9.90. The molecule has 1 aliphatic rings. The Morgan fingerprint density at radius 2 is 1.93 bits per heavy atom. The average molecular weight is 374 g/mol. The van der Waals surface area contributed by atoms with Crippen LogP contribution in [0.5, 0.6) is 0 Å². The van der Waals surface area contributed by atoms with E-state index >= 15 is 0 Å². The third-order valence-electron chi connectivity index (χ3n) is 4.97. The Morgan fingerprint density at radius 3 is 2.68 bits per heavy atom. The molecular weight excluding hydrogens is 352 g/mol. The summed E-state index contributed by atoms with van der Waals surface area (Å²) in [6, 6.07) is 13.4. The van der Waals surface area contributed by atoms with Crippen LogP contribution in [0.2, 0.25) is 0 Å². The van der Waals surface area contributed by atoms with Crippen molar-refractivity contribution in [3.63, 3.8) is 0 Å². The van der Waals surface area contributed by atoms with Gasteiger partial charge in [-0.3, -0.25) is 4.79 Å². The highest BCUT2D eigenvalue weighted by Gasteiger charge is 2.25.